The summed E-state index contributed by atoms with van der Waals surface area (Å²) in [5.74, 6) is -0.594. The molecule has 1 saturated heterocycles. The lowest BCUT2D eigenvalue weighted by Gasteiger charge is -2.12. The summed E-state index contributed by atoms with van der Waals surface area (Å²) in [6.07, 6.45) is 2.87. The monoisotopic (exact) mass is 325 g/mol. The second kappa shape index (κ2) is 6.41. The van der Waals surface area contributed by atoms with E-state index in [1.54, 1.807) is 24.3 Å². The van der Waals surface area contributed by atoms with Gasteiger partial charge in [-0.2, -0.15) is 0 Å². The number of rotatable bonds is 4. The van der Waals surface area contributed by atoms with Crippen LogP contribution in [0.25, 0.3) is 6.08 Å². The highest BCUT2D eigenvalue weighted by Gasteiger charge is 2.35. The van der Waals surface area contributed by atoms with E-state index >= 15 is 0 Å². The first-order valence-electron chi connectivity index (χ1n) is 7.27. The van der Waals surface area contributed by atoms with Gasteiger partial charge in [0.05, 0.1) is 6.26 Å². The second-order valence-corrected chi connectivity index (χ2v) is 5.31. The average Bonchev–Trinajstić information content (AvgIpc) is 3.12. The predicted octanol–water partition coefficient (Wildman–Crippen LogP) is 2.12. The molecule has 122 valence electrons. The number of nitrogens with one attached hydrogen (secondary N) is 2. The van der Waals surface area contributed by atoms with Crippen LogP contribution in [0.2, 0.25) is 0 Å². The van der Waals surface area contributed by atoms with Gasteiger partial charge < -0.3 is 15.1 Å². The van der Waals surface area contributed by atoms with E-state index in [4.69, 9.17) is 4.42 Å². The van der Waals surface area contributed by atoms with Crippen LogP contribution < -0.4 is 10.6 Å². The van der Waals surface area contributed by atoms with Crippen LogP contribution in [0, 0.1) is 6.92 Å². The van der Waals surface area contributed by atoms with Gasteiger partial charge in [-0.25, -0.2) is 9.69 Å². The van der Waals surface area contributed by atoms with Crippen molar-refractivity contribution in [3.63, 3.8) is 0 Å². The van der Waals surface area contributed by atoms with E-state index < -0.39 is 17.8 Å². The van der Waals surface area contributed by atoms with Crippen molar-refractivity contribution in [3.8, 4) is 0 Å². The summed E-state index contributed by atoms with van der Waals surface area (Å²) in [7, 11) is 0. The zero-order valence-corrected chi connectivity index (χ0v) is 12.9. The number of carbonyl (C=O) groups is 3. The molecule has 1 aliphatic heterocycles. The van der Waals surface area contributed by atoms with Gasteiger partial charge in [0, 0.05) is 11.8 Å². The number of furan rings is 1. The fourth-order valence-electron chi connectivity index (χ4n) is 2.30. The summed E-state index contributed by atoms with van der Waals surface area (Å²) in [5.41, 5.74) is 1.67. The first kappa shape index (κ1) is 15.5. The highest BCUT2D eigenvalue weighted by Crippen LogP contribution is 2.15. The Morgan fingerprint density at radius 3 is 2.83 bits per heavy atom. The highest BCUT2D eigenvalue weighted by molar-refractivity contribution is 6.15. The van der Waals surface area contributed by atoms with Gasteiger partial charge in [0.1, 0.15) is 18.0 Å². The number of amides is 4. The topological polar surface area (TPSA) is 91.7 Å². The highest BCUT2D eigenvalue weighted by atomic mass is 16.3. The molecule has 4 amide bonds. The minimum Gasteiger partial charge on any atom is -0.465 e. The van der Waals surface area contributed by atoms with Gasteiger partial charge in [0.2, 0.25) is 5.91 Å². The predicted molar refractivity (Wildman–Crippen MR) is 86.7 cm³/mol. The fraction of sp³-hybridized carbons (Fsp3) is 0.118. The molecule has 1 aliphatic rings. The Kier molecular flexibility index (Phi) is 4.15. The minimum absolute atomic E-state index is 0.0679. The molecule has 7 heteroatoms. The Labute approximate surface area is 137 Å². The molecule has 2 aromatic rings. The van der Waals surface area contributed by atoms with Crippen LogP contribution in [0.4, 0.5) is 10.5 Å². The van der Waals surface area contributed by atoms with Crippen molar-refractivity contribution in [2.45, 2.75) is 6.92 Å². The zero-order valence-electron chi connectivity index (χ0n) is 12.9. The van der Waals surface area contributed by atoms with Gasteiger partial charge in [0.25, 0.3) is 5.91 Å². The van der Waals surface area contributed by atoms with Gasteiger partial charge in [-0.3, -0.25) is 9.59 Å². The molecular formula is C17H15N3O4. The maximum Gasteiger partial charge on any atom is 0.329 e. The van der Waals surface area contributed by atoms with Crippen LogP contribution in [-0.2, 0) is 9.59 Å². The molecule has 0 saturated carbocycles. The normalized spacial score (nSPS) is 15.7. The number of aryl methyl sites for hydroxylation is 1. The van der Waals surface area contributed by atoms with Crippen LogP contribution in [0.15, 0.2) is 52.8 Å². The van der Waals surface area contributed by atoms with E-state index in [0.29, 0.717) is 11.4 Å². The van der Waals surface area contributed by atoms with Gasteiger partial charge in [-0.15, -0.1) is 0 Å². The van der Waals surface area contributed by atoms with E-state index in [9.17, 15) is 14.4 Å². The molecule has 0 unspecified atom stereocenters. The van der Waals surface area contributed by atoms with Crippen LogP contribution in [0.5, 0.6) is 0 Å². The number of imide groups is 1. The number of anilines is 1. The van der Waals surface area contributed by atoms with Crippen LogP contribution >= 0.6 is 0 Å². The van der Waals surface area contributed by atoms with Crippen molar-refractivity contribution in [1.82, 2.24) is 10.2 Å². The molecule has 1 fully saturated rings. The lowest BCUT2D eigenvalue weighted by molar-refractivity contribution is -0.127. The number of carbonyl (C=O) groups excluding carboxylic acids is 3. The number of hydrogen-bond acceptors (Lipinski definition) is 4. The molecule has 3 rings (SSSR count). The van der Waals surface area contributed by atoms with Crippen LogP contribution in [0.3, 0.4) is 0 Å². The molecule has 0 aliphatic carbocycles. The van der Waals surface area contributed by atoms with Crippen LogP contribution in [-0.4, -0.2) is 29.3 Å². The summed E-state index contributed by atoms with van der Waals surface area (Å²) < 4.78 is 5.11. The molecule has 0 bridgehead atoms. The van der Waals surface area contributed by atoms with Gasteiger partial charge in [-0.1, -0.05) is 12.1 Å². The SMILES string of the molecule is Cc1cccc(NC(=O)CN2C(=O)N/C(=C\c3ccco3)C2=O)c1. The summed E-state index contributed by atoms with van der Waals surface area (Å²) in [5, 5.41) is 5.09. The van der Waals surface area contributed by atoms with E-state index in [0.717, 1.165) is 10.5 Å². The summed E-state index contributed by atoms with van der Waals surface area (Å²) >= 11 is 0. The number of nitrogens with zero attached hydrogens (tertiary/aromatic N) is 1. The molecule has 1 aromatic carbocycles. The quantitative estimate of drug-likeness (QED) is 0.665. The van der Waals surface area contributed by atoms with Crippen LogP contribution in [0.1, 0.15) is 11.3 Å². The Morgan fingerprint density at radius 2 is 2.12 bits per heavy atom. The first-order chi connectivity index (χ1) is 11.5. The van der Waals surface area contributed by atoms with Crippen molar-refractivity contribution < 1.29 is 18.8 Å². The van der Waals surface area contributed by atoms with Crippen molar-refractivity contribution >= 4 is 29.6 Å². The molecule has 2 N–H and O–H groups in total. The van der Waals surface area contributed by atoms with E-state index in [1.807, 2.05) is 19.1 Å². The van der Waals surface area contributed by atoms with Gasteiger partial charge >= 0.3 is 6.03 Å². The molecule has 1 aromatic heterocycles. The summed E-state index contributed by atoms with van der Waals surface area (Å²) in [6, 6.07) is 9.92. The zero-order chi connectivity index (χ0) is 17.1. The molecule has 7 nitrogen and oxygen atoms in total. The minimum atomic E-state index is -0.641. The van der Waals surface area contributed by atoms with E-state index in [1.165, 1.54) is 12.3 Å². The van der Waals surface area contributed by atoms with Crippen molar-refractivity contribution in [3.05, 3.63) is 59.7 Å². The van der Waals surface area contributed by atoms with E-state index in [2.05, 4.69) is 10.6 Å². The van der Waals surface area contributed by atoms with Crippen molar-refractivity contribution in [1.29, 1.82) is 0 Å². The Hall–Kier alpha value is -3.35. The molecular weight excluding hydrogens is 310 g/mol. The maximum absolute atomic E-state index is 12.2. The van der Waals surface area contributed by atoms with Crippen molar-refractivity contribution in [2.24, 2.45) is 0 Å². The third kappa shape index (κ3) is 3.35. The van der Waals surface area contributed by atoms with E-state index in [-0.39, 0.29) is 12.2 Å². The molecule has 24 heavy (non-hydrogen) atoms. The standard InChI is InChI=1S/C17H15N3O4/c1-11-4-2-5-12(8-11)18-15(21)10-20-16(22)14(19-17(20)23)9-13-6-3-7-24-13/h2-9H,10H2,1H3,(H,18,21)(H,19,23)/b14-9-. The Morgan fingerprint density at radius 1 is 1.29 bits per heavy atom. The maximum atomic E-state index is 12.2. The van der Waals surface area contributed by atoms with Crippen molar-refractivity contribution in [2.75, 3.05) is 11.9 Å². The number of benzene rings is 1. The molecule has 0 radical (unpaired) electrons. The smallest absolute Gasteiger partial charge is 0.329 e. The summed E-state index contributed by atoms with van der Waals surface area (Å²) in [6.45, 7) is 1.53. The third-order valence-electron chi connectivity index (χ3n) is 3.40. The Bertz CT molecular complexity index is 824. The largest absolute Gasteiger partial charge is 0.465 e. The summed E-state index contributed by atoms with van der Waals surface area (Å²) in [4.78, 5) is 37.1. The molecule has 2 heterocycles. The number of urea groups is 1. The van der Waals surface area contributed by atoms with Gasteiger partial charge in [-0.05, 0) is 36.8 Å². The lowest BCUT2D eigenvalue weighted by atomic mass is 10.2. The first-order valence-corrected chi connectivity index (χ1v) is 7.27. The third-order valence-corrected chi connectivity index (χ3v) is 3.40. The number of hydrogen-bond donors (Lipinski definition) is 2. The Balaban J connectivity index is 1.67. The fourth-order valence-corrected chi connectivity index (χ4v) is 2.30. The molecule has 0 spiro atoms. The average molecular weight is 325 g/mol. The lowest BCUT2D eigenvalue weighted by Crippen LogP contribution is -2.38. The molecule has 0 atom stereocenters. The van der Waals surface area contributed by atoms with Gasteiger partial charge in [0.15, 0.2) is 0 Å². The second-order valence-electron chi connectivity index (χ2n) is 5.31.